The van der Waals surface area contributed by atoms with E-state index < -0.39 is 0 Å². The number of anilines is 1. The number of nitrogens with zero attached hydrogens (tertiary/aromatic N) is 3. The minimum Gasteiger partial charge on any atom is -0.508 e. The van der Waals surface area contributed by atoms with Gasteiger partial charge in [0.15, 0.2) is 0 Å². The van der Waals surface area contributed by atoms with Crippen molar-refractivity contribution in [2.75, 3.05) is 18.0 Å². The fourth-order valence-corrected chi connectivity index (χ4v) is 2.91. The summed E-state index contributed by atoms with van der Waals surface area (Å²) in [6, 6.07) is 5.46. The third kappa shape index (κ3) is 1.61. The number of hydrogen-bond donors (Lipinski definition) is 3. The summed E-state index contributed by atoms with van der Waals surface area (Å²) < 4.78 is 0. The Morgan fingerprint density at radius 3 is 3.05 bits per heavy atom. The maximum absolute atomic E-state index is 9.72. The van der Waals surface area contributed by atoms with Gasteiger partial charge in [0.25, 0.3) is 0 Å². The molecule has 3 aromatic rings. The molecule has 6 heteroatoms. The second-order valence-electron chi connectivity index (χ2n) is 5.27. The van der Waals surface area contributed by atoms with Gasteiger partial charge in [-0.15, -0.1) is 0 Å². The Balaban J connectivity index is 2.00. The highest BCUT2D eigenvalue weighted by atomic mass is 16.3. The standard InChI is InChI=1S/C14H15N5O/c15-8-3-4-19(6-8)14-12-10-5-9(20)1-2-11(10)18-13(12)16-7-17-14/h1-2,5,7-8,20H,3-4,6,15H2,(H,16,17,18). The molecule has 0 bridgehead atoms. The number of phenols is 1. The number of benzene rings is 1. The highest BCUT2D eigenvalue weighted by molar-refractivity contribution is 6.11. The second kappa shape index (κ2) is 4.08. The molecular formula is C14H15N5O. The highest BCUT2D eigenvalue weighted by Crippen LogP contribution is 2.33. The Bertz CT molecular complexity index is 797. The fourth-order valence-electron chi connectivity index (χ4n) is 2.91. The minimum absolute atomic E-state index is 0.193. The summed E-state index contributed by atoms with van der Waals surface area (Å²) in [6.45, 7) is 1.70. The van der Waals surface area contributed by atoms with Crippen LogP contribution in [0.25, 0.3) is 21.9 Å². The van der Waals surface area contributed by atoms with E-state index in [1.54, 1.807) is 18.5 Å². The van der Waals surface area contributed by atoms with Gasteiger partial charge in [0.2, 0.25) is 0 Å². The molecular weight excluding hydrogens is 254 g/mol. The molecule has 102 valence electrons. The average Bonchev–Trinajstić information content (AvgIpc) is 3.02. The molecule has 1 fully saturated rings. The summed E-state index contributed by atoms with van der Waals surface area (Å²) in [5.74, 6) is 1.13. The van der Waals surface area contributed by atoms with Gasteiger partial charge in [-0.3, -0.25) is 0 Å². The zero-order valence-electron chi connectivity index (χ0n) is 10.9. The molecule has 1 aliphatic heterocycles. The van der Waals surface area contributed by atoms with Crippen molar-refractivity contribution in [3.63, 3.8) is 0 Å². The van der Waals surface area contributed by atoms with E-state index in [2.05, 4.69) is 19.9 Å². The normalized spacial score (nSPS) is 19.2. The smallest absolute Gasteiger partial charge is 0.143 e. The van der Waals surface area contributed by atoms with Crippen LogP contribution in [0, 0.1) is 0 Å². The van der Waals surface area contributed by atoms with Crippen LogP contribution in [0.1, 0.15) is 6.42 Å². The zero-order valence-corrected chi connectivity index (χ0v) is 10.9. The second-order valence-corrected chi connectivity index (χ2v) is 5.27. The van der Waals surface area contributed by atoms with E-state index in [0.717, 1.165) is 47.3 Å². The first kappa shape index (κ1) is 11.5. The molecule has 3 heterocycles. The first-order valence-corrected chi connectivity index (χ1v) is 6.68. The molecule has 0 aliphatic carbocycles. The Labute approximate surface area is 115 Å². The van der Waals surface area contributed by atoms with Crippen molar-refractivity contribution in [3.05, 3.63) is 24.5 Å². The Kier molecular flexibility index (Phi) is 2.34. The van der Waals surface area contributed by atoms with Gasteiger partial charge in [0.05, 0.1) is 5.39 Å². The number of nitrogens with one attached hydrogen (secondary N) is 1. The number of nitrogens with two attached hydrogens (primary N) is 1. The van der Waals surface area contributed by atoms with Crippen molar-refractivity contribution in [1.29, 1.82) is 0 Å². The minimum atomic E-state index is 0.193. The van der Waals surface area contributed by atoms with Gasteiger partial charge in [-0.1, -0.05) is 0 Å². The van der Waals surface area contributed by atoms with Gasteiger partial charge < -0.3 is 20.7 Å². The lowest BCUT2D eigenvalue weighted by Crippen LogP contribution is -2.27. The van der Waals surface area contributed by atoms with Gasteiger partial charge in [-0.25, -0.2) is 9.97 Å². The van der Waals surface area contributed by atoms with Crippen molar-refractivity contribution < 1.29 is 5.11 Å². The average molecular weight is 269 g/mol. The summed E-state index contributed by atoms with van der Waals surface area (Å²) in [5, 5.41) is 11.6. The Hall–Kier alpha value is -2.34. The molecule has 2 aromatic heterocycles. The number of aromatic nitrogens is 3. The van der Waals surface area contributed by atoms with Gasteiger partial charge in [-0.2, -0.15) is 0 Å². The van der Waals surface area contributed by atoms with Crippen LogP contribution in [-0.2, 0) is 0 Å². The number of aromatic amines is 1. The lowest BCUT2D eigenvalue weighted by molar-refractivity contribution is 0.476. The number of phenolic OH excluding ortho intramolecular Hbond substituents is 1. The van der Waals surface area contributed by atoms with Gasteiger partial charge in [0, 0.05) is 30.0 Å². The maximum atomic E-state index is 9.72. The maximum Gasteiger partial charge on any atom is 0.143 e. The van der Waals surface area contributed by atoms with Crippen LogP contribution in [0.15, 0.2) is 24.5 Å². The van der Waals surface area contributed by atoms with Crippen LogP contribution in [0.5, 0.6) is 5.75 Å². The molecule has 4 rings (SSSR count). The monoisotopic (exact) mass is 269 g/mol. The van der Waals surface area contributed by atoms with Crippen molar-refractivity contribution in [3.8, 4) is 5.75 Å². The molecule has 4 N–H and O–H groups in total. The predicted octanol–water partition coefficient (Wildman–Crippen LogP) is 1.35. The zero-order chi connectivity index (χ0) is 13.7. The number of aromatic hydroxyl groups is 1. The quantitative estimate of drug-likeness (QED) is 0.620. The Morgan fingerprint density at radius 2 is 2.25 bits per heavy atom. The summed E-state index contributed by atoms with van der Waals surface area (Å²) >= 11 is 0. The van der Waals surface area contributed by atoms with Crippen LogP contribution >= 0.6 is 0 Å². The number of H-pyrrole nitrogens is 1. The van der Waals surface area contributed by atoms with Crippen LogP contribution in [0.4, 0.5) is 5.82 Å². The first-order valence-electron chi connectivity index (χ1n) is 6.68. The topological polar surface area (TPSA) is 91.1 Å². The summed E-state index contributed by atoms with van der Waals surface area (Å²) in [4.78, 5) is 14.2. The highest BCUT2D eigenvalue weighted by Gasteiger charge is 2.23. The van der Waals surface area contributed by atoms with Gasteiger partial charge in [0.1, 0.15) is 23.5 Å². The molecule has 0 amide bonds. The number of fused-ring (bicyclic) bond motifs is 3. The molecule has 20 heavy (non-hydrogen) atoms. The molecule has 1 aromatic carbocycles. The lowest BCUT2D eigenvalue weighted by Gasteiger charge is -2.17. The fraction of sp³-hybridized carbons (Fsp3) is 0.286. The third-order valence-electron chi connectivity index (χ3n) is 3.88. The van der Waals surface area contributed by atoms with Crippen molar-refractivity contribution in [2.45, 2.75) is 12.5 Å². The Morgan fingerprint density at radius 1 is 1.35 bits per heavy atom. The third-order valence-corrected chi connectivity index (χ3v) is 3.88. The van der Waals surface area contributed by atoms with Crippen molar-refractivity contribution >= 4 is 27.8 Å². The van der Waals surface area contributed by atoms with Crippen molar-refractivity contribution in [1.82, 2.24) is 15.0 Å². The predicted molar refractivity (Wildman–Crippen MR) is 77.9 cm³/mol. The van der Waals surface area contributed by atoms with Gasteiger partial charge >= 0.3 is 0 Å². The first-order chi connectivity index (χ1) is 9.72. The molecule has 0 saturated carbocycles. The molecule has 6 nitrogen and oxygen atoms in total. The van der Waals surface area contributed by atoms with E-state index in [9.17, 15) is 5.11 Å². The molecule has 1 aliphatic rings. The van der Waals surface area contributed by atoms with Crippen LogP contribution in [-0.4, -0.2) is 39.2 Å². The van der Waals surface area contributed by atoms with Crippen LogP contribution in [0.3, 0.4) is 0 Å². The van der Waals surface area contributed by atoms with E-state index in [4.69, 9.17) is 5.73 Å². The SMILES string of the molecule is NC1CCN(c2ncnc3[nH]c4ccc(O)cc4c23)C1. The summed E-state index contributed by atoms with van der Waals surface area (Å²) in [5.41, 5.74) is 7.72. The number of rotatable bonds is 1. The van der Waals surface area contributed by atoms with E-state index >= 15 is 0 Å². The molecule has 0 spiro atoms. The van der Waals surface area contributed by atoms with E-state index in [-0.39, 0.29) is 11.8 Å². The molecule has 1 atom stereocenters. The number of hydrogen-bond acceptors (Lipinski definition) is 5. The lowest BCUT2D eigenvalue weighted by atomic mass is 10.2. The molecule has 0 radical (unpaired) electrons. The summed E-state index contributed by atoms with van der Waals surface area (Å²) in [6.07, 6.45) is 2.54. The van der Waals surface area contributed by atoms with E-state index in [1.807, 2.05) is 6.07 Å². The molecule has 1 unspecified atom stereocenters. The summed E-state index contributed by atoms with van der Waals surface area (Å²) in [7, 11) is 0. The van der Waals surface area contributed by atoms with Crippen LogP contribution < -0.4 is 10.6 Å². The van der Waals surface area contributed by atoms with E-state index in [1.165, 1.54) is 0 Å². The van der Waals surface area contributed by atoms with Gasteiger partial charge in [-0.05, 0) is 24.6 Å². The largest absolute Gasteiger partial charge is 0.508 e. The molecule has 1 saturated heterocycles. The van der Waals surface area contributed by atoms with Crippen LogP contribution in [0.2, 0.25) is 0 Å². The van der Waals surface area contributed by atoms with Crippen molar-refractivity contribution in [2.24, 2.45) is 5.73 Å². The van der Waals surface area contributed by atoms with E-state index in [0.29, 0.717) is 0 Å².